The minimum atomic E-state index is -0.368. The van der Waals surface area contributed by atoms with Crippen molar-refractivity contribution in [2.45, 2.75) is 46.7 Å². The molecular formula is C19H26N4O3. The molecular weight excluding hydrogens is 332 g/mol. The molecule has 7 heteroatoms. The number of likely N-dealkylation sites (N-methyl/N-ethyl adjacent to an activating group) is 1. The van der Waals surface area contributed by atoms with Crippen LogP contribution < -0.4 is 10.9 Å². The van der Waals surface area contributed by atoms with Crippen molar-refractivity contribution in [2.75, 3.05) is 13.1 Å². The average molecular weight is 358 g/mol. The molecule has 0 saturated carbocycles. The van der Waals surface area contributed by atoms with E-state index in [2.05, 4.69) is 10.4 Å². The van der Waals surface area contributed by atoms with Crippen LogP contribution in [-0.4, -0.2) is 45.1 Å². The molecule has 0 unspecified atom stereocenters. The van der Waals surface area contributed by atoms with Crippen LogP contribution in [0, 0.1) is 6.92 Å². The first-order valence-corrected chi connectivity index (χ1v) is 8.67. The third kappa shape index (κ3) is 4.68. The molecule has 0 aliphatic rings. The van der Waals surface area contributed by atoms with Crippen molar-refractivity contribution in [1.82, 2.24) is 20.0 Å². The second kappa shape index (κ2) is 7.68. The molecule has 0 fully saturated rings. The molecule has 0 spiro atoms. The number of aromatic nitrogens is 2. The zero-order chi connectivity index (χ0) is 19.5. The van der Waals surface area contributed by atoms with Gasteiger partial charge in [0, 0.05) is 17.5 Å². The maximum absolute atomic E-state index is 12.6. The summed E-state index contributed by atoms with van der Waals surface area (Å²) in [6.07, 6.45) is 0. The van der Waals surface area contributed by atoms with Gasteiger partial charge in [0.15, 0.2) is 0 Å². The Kier molecular flexibility index (Phi) is 5.79. The lowest BCUT2D eigenvalue weighted by atomic mass is 10.1. The predicted molar refractivity (Wildman–Crippen MR) is 101 cm³/mol. The number of hydrogen-bond acceptors (Lipinski definition) is 4. The number of carbonyl (C=O) groups is 2. The molecule has 0 bridgehead atoms. The predicted octanol–water partition coefficient (Wildman–Crippen LogP) is 1.47. The van der Waals surface area contributed by atoms with Crippen LogP contribution in [0.3, 0.4) is 0 Å². The normalized spacial score (nSPS) is 11.4. The van der Waals surface area contributed by atoms with Gasteiger partial charge in [-0.15, -0.1) is 0 Å². The third-order valence-electron chi connectivity index (χ3n) is 3.92. The van der Waals surface area contributed by atoms with Crippen LogP contribution in [-0.2, 0) is 16.1 Å². The maximum atomic E-state index is 12.6. The number of hydrogen-bond donors (Lipinski definition) is 1. The zero-order valence-electron chi connectivity index (χ0n) is 16.0. The molecule has 0 aliphatic heterocycles. The largest absolute Gasteiger partial charge is 0.350 e. The number of carbonyl (C=O) groups excluding carboxylic acids is 2. The first kappa shape index (κ1) is 19.6. The summed E-state index contributed by atoms with van der Waals surface area (Å²) in [6.45, 7) is 9.37. The Bertz CT molecular complexity index is 880. The first-order valence-electron chi connectivity index (χ1n) is 8.67. The van der Waals surface area contributed by atoms with E-state index in [1.54, 1.807) is 26.0 Å². The lowest BCUT2D eigenvalue weighted by Crippen LogP contribution is -2.48. The highest BCUT2D eigenvalue weighted by Crippen LogP contribution is 2.11. The SMILES string of the molecule is CCN(CC(=O)NC(C)(C)C)C(=O)Cn1nc(C)c2ccccc2c1=O. The topological polar surface area (TPSA) is 84.3 Å². The van der Waals surface area contributed by atoms with E-state index < -0.39 is 0 Å². The van der Waals surface area contributed by atoms with Crippen molar-refractivity contribution in [2.24, 2.45) is 0 Å². The van der Waals surface area contributed by atoms with E-state index >= 15 is 0 Å². The van der Waals surface area contributed by atoms with E-state index in [0.717, 1.165) is 5.39 Å². The smallest absolute Gasteiger partial charge is 0.275 e. The van der Waals surface area contributed by atoms with Gasteiger partial charge >= 0.3 is 0 Å². The van der Waals surface area contributed by atoms with E-state index in [-0.39, 0.29) is 36.0 Å². The fraction of sp³-hybridized carbons (Fsp3) is 0.474. The average Bonchev–Trinajstić information content (AvgIpc) is 2.55. The van der Waals surface area contributed by atoms with Crippen LogP contribution in [0.15, 0.2) is 29.1 Å². The summed E-state index contributed by atoms with van der Waals surface area (Å²) in [5, 5.41) is 8.39. The Morgan fingerprint density at radius 1 is 1.19 bits per heavy atom. The van der Waals surface area contributed by atoms with Gasteiger partial charge in [-0.1, -0.05) is 18.2 Å². The molecule has 1 aromatic carbocycles. The first-order chi connectivity index (χ1) is 12.1. The Hall–Kier alpha value is -2.70. The van der Waals surface area contributed by atoms with E-state index in [9.17, 15) is 14.4 Å². The number of aryl methyl sites for hydroxylation is 1. The summed E-state index contributed by atoms with van der Waals surface area (Å²) in [5.41, 5.74) is 0.00398. The highest BCUT2D eigenvalue weighted by atomic mass is 16.2. The molecule has 1 N–H and O–H groups in total. The lowest BCUT2D eigenvalue weighted by Gasteiger charge is -2.25. The highest BCUT2D eigenvalue weighted by Gasteiger charge is 2.20. The summed E-state index contributed by atoms with van der Waals surface area (Å²) in [4.78, 5) is 38.7. The second-order valence-electron chi connectivity index (χ2n) is 7.30. The van der Waals surface area contributed by atoms with Crippen molar-refractivity contribution in [3.63, 3.8) is 0 Å². The van der Waals surface area contributed by atoms with Crippen molar-refractivity contribution >= 4 is 22.6 Å². The van der Waals surface area contributed by atoms with Crippen LogP contribution in [0.1, 0.15) is 33.4 Å². The number of nitrogens with zero attached hydrogens (tertiary/aromatic N) is 3. The summed E-state index contributed by atoms with van der Waals surface area (Å²) in [5.74, 6) is -0.552. The van der Waals surface area contributed by atoms with Gasteiger partial charge in [-0.2, -0.15) is 5.10 Å². The van der Waals surface area contributed by atoms with Crippen molar-refractivity contribution in [3.05, 3.63) is 40.3 Å². The second-order valence-corrected chi connectivity index (χ2v) is 7.30. The van der Waals surface area contributed by atoms with Gasteiger partial charge in [-0.3, -0.25) is 14.4 Å². The van der Waals surface area contributed by atoms with Gasteiger partial charge in [0.1, 0.15) is 6.54 Å². The fourth-order valence-corrected chi connectivity index (χ4v) is 2.75. The summed E-state index contributed by atoms with van der Waals surface area (Å²) >= 11 is 0. The quantitative estimate of drug-likeness (QED) is 0.877. The van der Waals surface area contributed by atoms with Crippen LogP contribution in [0.5, 0.6) is 0 Å². The van der Waals surface area contributed by atoms with Crippen molar-refractivity contribution in [1.29, 1.82) is 0 Å². The van der Waals surface area contributed by atoms with Crippen molar-refractivity contribution in [3.8, 4) is 0 Å². The van der Waals surface area contributed by atoms with Crippen LogP contribution >= 0.6 is 0 Å². The molecule has 26 heavy (non-hydrogen) atoms. The van der Waals surface area contributed by atoms with Gasteiger partial charge in [-0.25, -0.2) is 4.68 Å². The molecule has 2 rings (SSSR count). The number of amides is 2. The van der Waals surface area contributed by atoms with Crippen molar-refractivity contribution < 1.29 is 9.59 Å². The Morgan fingerprint density at radius 3 is 2.38 bits per heavy atom. The molecule has 1 aromatic heterocycles. The number of fused-ring (bicyclic) bond motifs is 1. The molecule has 2 amide bonds. The summed E-state index contributed by atoms with van der Waals surface area (Å²) < 4.78 is 1.17. The molecule has 1 heterocycles. The molecule has 2 aromatic rings. The molecule has 0 saturated heterocycles. The number of rotatable bonds is 5. The van der Waals surface area contributed by atoms with Gasteiger partial charge in [0.2, 0.25) is 11.8 Å². The van der Waals surface area contributed by atoms with Crippen LogP contribution in [0.25, 0.3) is 10.8 Å². The van der Waals surface area contributed by atoms with E-state index in [1.165, 1.54) is 9.58 Å². The van der Waals surface area contributed by atoms with E-state index in [1.807, 2.05) is 32.9 Å². The molecule has 0 radical (unpaired) electrons. The highest BCUT2D eigenvalue weighted by molar-refractivity contribution is 5.86. The number of benzene rings is 1. The Balaban J connectivity index is 2.20. The lowest BCUT2D eigenvalue weighted by molar-refractivity contribution is -0.137. The van der Waals surface area contributed by atoms with E-state index in [0.29, 0.717) is 17.6 Å². The van der Waals surface area contributed by atoms with Gasteiger partial charge < -0.3 is 10.2 Å². The molecule has 0 aliphatic carbocycles. The van der Waals surface area contributed by atoms with E-state index in [4.69, 9.17) is 0 Å². The molecule has 7 nitrogen and oxygen atoms in total. The van der Waals surface area contributed by atoms with Gasteiger partial charge in [0.05, 0.1) is 17.6 Å². The minimum absolute atomic E-state index is 0.0477. The monoisotopic (exact) mass is 358 g/mol. The Labute approximate surface area is 153 Å². The summed E-state index contributed by atoms with van der Waals surface area (Å²) in [7, 11) is 0. The zero-order valence-corrected chi connectivity index (χ0v) is 16.0. The maximum Gasteiger partial charge on any atom is 0.275 e. The van der Waals surface area contributed by atoms with Crippen LogP contribution in [0.2, 0.25) is 0 Å². The molecule has 140 valence electrons. The third-order valence-corrected chi connectivity index (χ3v) is 3.92. The summed E-state index contributed by atoms with van der Waals surface area (Å²) in [6, 6.07) is 7.19. The standard InChI is InChI=1S/C19H26N4O3/c1-6-22(11-16(24)20-19(3,4)5)17(25)12-23-18(26)15-10-8-7-9-14(15)13(2)21-23/h7-10H,6,11-12H2,1-5H3,(H,20,24). The minimum Gasteiger partial charge on any atom is -0.350 e. The fourth-order valence-electron chi connectivity index (χ4n) is 2.75. The van der Waals surface area contributed by atoms with Gasteiger partial charge in [0.25, 0.3) is 5.56 Å². The van der Waals surface area contributed by atoms with Crippen LogP contribution in [0.4, 0.5) is 0 Å². The Morgan fingerprint density at radius 2 is 1.81 bits per heavy atom. The molecule has 0 atom stereocenters. The number of nitrogens with one attached hydrogen (secondary N) is 1. The van der Waals surface area contributed by atoms with Gasteiger partial charge in [-0.05, 0) is 40.7 Å².